The van der Waals surface area contributed by atoms with Gasteiger partial charge in [-0.25, -0.2) is 0 Å². The molecule has 0 aromatic heterocycles. The van der Waals surface area contributed by atoms with E-state index in [-0.39, 0.29) is 24.0 Å². The first-order valence-electron chi connectivity index (χ1n) is 7.45. The molecule has 0 aliphatic heterocycles. The van der Waals surface area contributed by atoms with Crippen LogP contribution in [0.3, 0.4) is 0 Å². The lowest BCUT2D eigenvalue weighted by Crippen LogP contribution is -2.40. The molecule has 1 aromatic rings. The van der Waals surface area contributed by atoms with E-state index in [0.717, 1.165) is 13.0 Å². The Morgan fingerprint density at radius 1 is 1.10 bits per heavy atom. The van der Waals surface area contributed by atoms with Gasteiger partial charge in [-0.3, -0.25) is 4.99 Å². The molecule has 0 atom stereocenters. The number of benzene rings is 1. The van der Waals surface area contributed by atoms with Crippen LogP contribution in [0.25, 0.3) is 0 Å². The van der Waals surface area contributed by atoms with Gasteiger partial charge in [-0.15, -0.1) is 24.0 Å². The molecule has 0 spiro atoms. The van der Waals surface area contributed by atoms with E-state index in [1.807, 2.05) is 6.07 Å². The van der Waals surface area contributed by atoms with Crippen molar-refractivity contribution < 1.29 is 0 Å². The molecule has 0 unspecified atom stereocenters. The van der Waals surface area contributed by atoms with Crippen LogP contribution in [0.2, 0.25) is 0 Å². The highest BCUT2D eigenvalue weighted by atomic mass is 127. The van der Waals surface area contributed by atoms with Crippen molar-refractivity contribution in [3.8, 4) is 0 Å². The van der Waals surface area contributed by atoms with Crippen LogP contribution in [0, 0.1) is 0 Å². The minimum absolute atomic E-state index is 0. The SMILES string of the molecule is I.NC(=NCCc1ccccc1)NC1CCCCCC1. The monoisotopic (exact) mass is 387 g/mol. The van der Waals surface area contributed by atoms with Gasteiger partial charge in [0.25, 0.3) is 0 Å². The molecule has 3 N–H and O–H groups in total. The number of nitrogens with two attached hydrogens (primary N) is 1. The summed E-state index contributed by atoms with van der Waals surface area (Å²) in [6, 6.07) is 10.9. The zero-order valence-electron chi connectivity index (χ0n) is 12.1. The zero-order valence-corrected chi connectivity index (χ0v) is 14.4. The molecule has 0 amide bonds. The molecular weight excluding hydrogens is 361 g/mol. The van der Waals surface area contributed by atoms with E-state index in [0.29, 0.717) is 12.0 Å². The van der Waals surface area contributed by atoms with Crippen LogP contribution >= 0.6 is 24.0 Å². The van der Waals surface area contributed by atoms with Crippen molar-refractivity contribution in [2.24, 2.45) is 10.7 Å². The summed E-state index contributed by atoms with van der Waals surface area (Å²) < 4.78 is 0. The number of nitrogens with one attached hydrogen (secondary N) is 1. The summed E-state index contributed by atoms with van der Waals surface area (Å²) in [6.45, 7) is 0.759. The Bertz CT molecular complexity index is 384. The summed E-state index contributed by atoms with van der Waals surface area (Å²) in [5.74, 6) is 0.614. The maximum absolute atomic E-state index is 5.96. The second-order valence-corrected chi connectivity index (χ2v) is 5.34. The lowest BCUT2D eigenvalue weighted by Gasteiger charge is -2.16. The molecule has 1 aromatic carbocycles. The fraction of sp³-hybridized carbons (Fsp3) is 0.562. The van der Waals surface area contributed by atoms with Gasteiger partial charge in [-0.05, 0) is 24.8 Å². The normalized spacial score (nSPS) is 17.1. The summed E-state index contributed by atoms with van der Waals surface area (Å²) in [7, 11) is 0. The largest absolute Gasteiger partial charge is 0.370 e. The number of hydrogen-bond acceptors (Lipinski definition) is 1. The van der Waals surface area contributed by atoms with Crippen LogP contribution in [-0.2, 0) is 6.42 Å². The number of guanidine groups is 1. The fourth-order valence-electron chi connectivity index (χ4n) is 2.63. The minimum atomic E-state index is 0. The van der Waals surface area contributed by atoms with E-state index in [2.05, 4.69) is 34.6 Å². The van der Waals surface area contributed by atoms with Crippen molar-refractivity contribution in [2.75, 3.05) is 6.54 Å². The minimum Gasteiger partial charge on any atom is -0.370 e. The quantitative estimate of drug-likeness (QED) is 0.360. The van der Waals surface area contributed by atoms with E-state index in [4.69, 9.17) is 5.73 Å². The maximum atomic E-state index is 5.96. The lowest BCUT2D eigenvalue weighted by atomic mass is 10.1. The third kappa shape index (κ3) is 6.59. The first kappa shape index (κ1) is 17.3. The fourth-order valence-corrected chi connectivity index (χ4v) is 2.63. The van der Waals surface area contributed by atoms with E-state index < -0.39 is 0 Å². The van der Waals surface area contributed by atoms with Gasteiger partial charge in [0.1, 0.15) is 0 Å². The Balaban J connectivity index is 0.00000200. The van der Waals surface area contributed by atoms with Crippen molar-refractivity contribution in [3.05, 3.63) is 35.9 Å². The van der Waals surface area contributed by atoms with Gasteiger partial charge in [-0.2, -0.15) is 0 Å². The summed E-state index contributed by atoms with van der Waals surface area (Å²) in [4.78, 5) is 4.43. The second kappa shape index (κ2) is 10.0. The lowest BCUT2D eigenvalue weighted by molar-refractivity contribution is 0.530. The molecule has 1 aliphatic carbocycles. The molecule has 0 saturated heterocycles. The van der Waals surface area contributed by atoms with E-state index in [1.165, 1.54) is 44.1 Å². The van der Waals surface area contributed by atoms with Crippen LogP contribution in [0.15, 0.2) is 35.3 Å². The molecule has 0 heterocycles. The molecular formula is C16H26IN3. The third-order valence-electron chi connectivity index (χ3n) is 3.73. The van der Waals surface area contributed by atoms with Crippen molar-refractivity contribution in [1.29, 1.82) is 0 Å². The number of rotatable bonds is 4. The first-order chi connectivity index (χ1) is 9.34. The molecule has 3 nitrogen and oxygen atoms in total. The molecule has 112 valence electrons. The third-order valence-corrected chi connectivity index (χ3v) is 3.73. The number of nitrogens with zero attached hydrogens (tertiary/aromatic N) is 1. The van der Waals surface area contributed by atoms with Crippen molar-refractivity contribution in [3.63, 3.8) is 0 Å². The van der Waals surface area contributed by atoms with E-state index >= 15 is 0 Å². The van der Waals surface area contributed by atoms with Crippen molar-refractivity contribution in [1.82, 2.24) is 5.32 Å². The van der Waals surface area contributed by atoms with Gasteiger partial charge >= 0.3 is 0 Å². The van der Waals surface area contributed by atoms with Gasteiger partial charge < -0.3 is 11.1 Å². The molecule has 0 bridgehead atoms. The Kier molecular flexibility index (Phi) is 8.65. The van der Waals surface area contributed by atoms with Crippen LogP contribution in [0.5, 0.6) is 0 Å². The summed E-state index contributed by atoms with van der Waals surface area (Å²) >= 11 is 0. The van der Waals surface area contributed by atoms with Crippen LogP contribution in [-0.4, -0.2) is 18.5 Å². The van der Waals surface area contributed by atoms with Crippen LogP contribution in [0.1, 0.15) is 44.1 Å². The predicted molar refractivity (Wildman–Crippen MR) is 96.7 cm³/mol. The molecule has 4 heteroatoms. The van der Waals surface area contributed by atoms with Crippen molar-refractivity contribution >= 4 is 29.9 Å². The Labute approximate surface area is 139 Å². The number of halogens is 1. The zero-order chi connectivity index (χ0) is 13.3. The molecule has 1 aliphatic rings. The summed E-state index contributed by atoms with van der Waals surface area (Å²) in [5, 5.41) is 3.37. The number of aliphatic imine (C=N–C) groups is 1. The average Bonchev–Trinajstić information content (AvgIpc) is 2.68. The number of hydrogen-bond donors (Lipinski definition) is 2. The van der Waals surface area contributed by atoms with Gasteiger partial charge in [-0.1, -0.05) is 56.0 Å². The highest BCUT2D eigenvalue weighted by Crippen LogP contribution is 2.16. The van der Waals surface area contributed by atoms with Crippen molar-refractivity contribution in [2.45, 2.75) is 51.0 Å². The molecule has 1 fully saturated rings. The van der Waals surface area contributed by atoms with Gasteiger partial charge in [0.15, 0.2) is 5.96 Å². The van der Waals surface area contributed by atoms with Crippen LogP contribution in [0.4, 0.5) is 0 Å². The molecule has 0 radical (unpaired) electrons. The van der Waals surface area contributed by atoms with Gasteiger partial charge in [0, 0.05) is 12.6 Å². The molecule has 20 heavy (non-hydrogen) atoms. The highest BCUT2D eigenvalue weighted by molar-refractivity contribution is 14.0. The smallest absolute Gasteiger partial charge is 0.188 e. The van der Waals surface area contributed by atoms with E-state index in [1.54, 1.807) is 0 Å². The Morgan fingerprint density at radius 2 is 1.75 bits per heavy atom. The van der Waals surface area contributed by atoms with Gasteiger partial charge in [0.2, 0.25) is 0 Å². The molecule has 2 rings (SSSR count). The topological polar surface area (TPSA) is 50.4 Å². The Hall–Kier alpha value is -0.780. The molecule has 1 saturated carbocycles. The predicted octanol–water partition coefficient (Wildman–Crippen LogP) is 3.47. The first-order valence-corrected chi connectivity index (χ1v) is 7.45. The second-order valence-electron chi connectivity index (χ2n) is 5.34. The highest BCUT2D eigenvalue weighted by Gasteiger charge is 2.11. The van der Waals surface area contributed by atoms with Gasteiger partial charge in [0.05, 0.1) is 0 Å². The summed E-state index contributed by atoms with van der Waals surface area (Å²) in [5.41, 5.74) is 7.27. The summed E-state index contributed by atoms with van der Waals surface area (Å²) in [6.07, 6.45) is 8.77. The average molecular weight is 387 g/mol. The Morgan fingerprint density at radius 3 is 2.40 bits per heavy atom. The van der Waals surface area contributed by atoms with E-state index in [9.17, 15) is 0 Å². The van der Waals surface area contributed by atoms with Crippen LogP contribution < -0.4 is 11.1 Å². The maximum Gasteiger partial charge on any atom is 0.188 e. The standard InChI is InChI=1S/C16H25N3.HI/c17-16(19-15-10-6-1-2-7-11-15)18-13-12-14-8-4-3-5-9-14;/h3-5,8-9,15H,1-2,6-7,10-13H2,(H3,17,18,19);1H.